The Kier molecular flexibility index (Phi) is 4.33. The third-order valence-electron chi connectivity index (χ3n) is 4.72. The third-order valence-corrected chi connectivity index (χ3v) is 4.72. The summed E-state index contributed by atoms with van der Waals surface area (Å²) in [5.74, 6) is -0.427. The number of carbonyl (C=O) groups excluding carboxylic acids is 2. The van der Waals surface area contributed by atoms with Crippen molar-refractivity contribution in [3.63, 3.8) is 0 Å². The zero-order valence-electron chi connectivity index (χ0n) is 14.5. The number of nitrogens with one attached hydrogen (secondary N) is 1. The quantitative estimate of drug-likeness (QED) is 0.858. The summed E-state index contributed by atoms with van der Waals surface area (Å²) in [6.45, 7) is 5.78. The summed E-state index contributed by atoms with van der Waals surface area (Å²) >= 11 is 0. The van der Waals surface area contributed by atoms with Crippen LogP contribution in [0.25, 0.3) is 0 Å². The van der Waals surface area contributed by atoms with Crippen LogP contribution in [0.2, 0.25) is 0 Å². The first-order chi connectivity index (χ1) is 11.8. The maximum absolute atomic E-state index is 13.9. The highest BCUT2D eigenvalue weighted by molar-refractivity contribution is 6.07. The standard InChI is InChI=1S/C20H21FN2O2/c1-13(2)14-8-10-16(11-9-14)20(3)18(24)23(19(25)22-20)12-15-6-4-5-7-17(15)21/h4-11,13H,12H2,1-3H3,(H,22,25)/t20-/m0/s1. The fraction of sp³-hybridized carbons (Fsp3) is 0.300. The fourth-order valence-electron chi connectivity index (χ4n) is 3.03. The molecular formula is C20H21FN2O2. The van der Waals surface area contributed by atoms with Crippen molar-refractivity contribution in [3.8, 4) is 0 Å². The predicted molar refractivity (Wildman–Crippen MR) is 93.4 cm³/mol. The van der Waals surface area contributed by atoms with Gasteiger partial charge in [-0.2, -0.15) is 0 Å². The van der Waals surface area contributed by atoms with Crippen LogP contribution in [-0.4, -0.2) is 16.8 Å². The Morgan fingerprint density at radius 3 is 2.32 bits per heavy atom. The largest absolute Gasteiger partial charge is 0.325 e. The van der Waals surface area contributed by atoms with Crippen LogP contribution >= 0.6 is 0 Å². The number of benzene rings is 2. The Morgan fingerprint density at radius 2 is 1.72 bits per heavy atom. The molecule has 5 heteroatoms. The average molecular weight is 340 g/mol. The summed E-state index contributed by atoms with van der Waals surface area (Å²) in [5.41, 5.74) is 1.04. The smallest absolute Gasteiger partial charge is 0.319 e. The van der Waals surface area contributed by atoms with Gasteiger partial charge in [0.15, 0.2) is 0 Å². The molecule has 2 aromatic carbocycles. The summed E-state index contributed by atoms with van der Waals surface area (Å²) in [6, 6.07) is 13.3. The first-order valence-electron chi connectivity index (χ1n) is 8.31. The van der Waals surface area contributed by atoms with E-state index >= 15 is 0 Å². The molecule has 0 bridgehead atoms. The van der Waals surface area contributed by atoms with Crippen LogP contribution in [0.3, 0.4) is 0 Å². The van der Waals surface area contributed by atoms with E-state index in [1.165, 1.54) is 6.07 Å². The second-order valence-corrected chi connectivity index (χ2v) is 6.81. The molecule has 0 unspecified atom stereocenters. The van der Waals surface area contributed by atoms with Gasteiger partial charge in [-0.3, -0.25) is 9.69 Å². The van der Waals surface area contributed by atoms with Crippen LogP contribution in [-0.2, 0) is 16.9 Å². The van der Waals surface area contributed by atoms with Gasteiger partial charge >= 0.3 is 6.03 Å². The Bertz CT molecular complexity index is 817. The molecule has 1 fully saturated rings. The minimum absolute atomic E-state index is 0.0863. The first kappa shape index (κ1) is 17.1. The van der Waals surface area contributed by atoms with Crippen molar-refractivity contribution in [2.75, 3.05) is 0 Å². The summed E-state index contributed by atoms with van der Waals surface area (Å²) in [4.78, 5) is 26.3. The van der Waals surface area contributed by atoms with E-state index < -0.39 is 17.4 Å². The van der Waals surface area contributed by atoms with Gasteiger partial charge in [-0.25, -0.2) is 9.18 Å². The molecule has 0 radical (unpaired) electrons. The summed E-state index contributed by atoms with van der Waals surface area (Å²) < 4.78 is 13.9. The minimum atomic E-state index is -1.14. The molecule has 1 atom stereocenters. The Hall–Kier alpha value is -2.69. The van der Waals surface area contributed by atoms with Crippen molar-refractivity contribution in [2.24, 2.45) is 0 Å². The van der Waals surface area contributed by atoms with E-state index in [1.54, 1.807) is 25.1 Å². The molecule has 1 N–H and O–H groups in total. The van der Waals surface area contributed by atoms with Crippen LogP contribution in [0.5, 0.6) is 0 Å². The van der Waals surface area contributed by atoms with Crippen molar-refractivity contribution in [1.29, 1.82) is 0 Å². The Morgan fingerprint density at radius 1 is 1.08 bits per heavy atom. The van der Waals surface area contributed by atoms with E-state index in [2.05, 4.69) is 19.2 Å². The number of amides is 3. The van der Waals surface area contributed by atoms with Crippen molar-refractivity contribution in [3.05, 3.63) is 71.0 Å². The lowest BCUT2D eigenvalue weighted by Gasteiger charge is -2.23. The first-order valence-corrected chi connectivity index (χ1v) is 8.31. The van der Waals surface area contributed by atoms with Gasteiger partial charge in [0, 0.05) is 5.56 Å². The minimum Gasteiger partial charge on any atom is -0.319 e. The second kappa shape index (κ2) is 6.31. The topological polar surface area (TPSA) is 49.4 Å². The van der Waals surface area contributed by atoms with Gasteiger partial charge in [0.25, 0.3) is 5.91 Å². The van der Waals surface area contributed by atoms with Crippen LogP contribution in [0, 0.1) is 5.82 Å². The van der Waals surface area contributed by atoms with E-state index in [-0.39, 0.29) is 12.5 Å². The van der Waals surface area contributed by atoms with Gasteiger partial charge < -0.3 is 5.32 Å². The second-order valence-electron chi connectivity index (χ2n) is 6.81. The third kappa shape index (κ3) is 3.02. The molecule has 1 aliphatic heterocycles. The van der Waals surface area contributed by atoms with Gasteiger partial charge in [-0.05, 0) is 30.0 Å². The summed E-state index contributed by atoms with van der Waals surface area (Å²) in [7, 11) is 0. The predicted octanol–water partition coefficient (Wildman–Crippen LogP) is 3.92. The van der Waals surface area contributed by atoms with Crippen LogP contribution in [0.15, 0.2) is 48.5 Å². The lowest BCUT2D eigenvalue weighted by atomic mass is 9.90. The average Bonchev–Trinajstić information content (AvgIpc) is 2.81. The highest BCUT2D eigenvalue weighted by Crippen LogP contribution is 2.31. The molecule has 1 heterocycles. The van der Waals surface area contributed by atoms with Crippen molar-refractivity contribution in [1.82, 2.24) is 10.2 Å². The molecular weight excluding hydrogens is 319 g/mol. The Balaban J connectivity index is 1.88. The van der Waals surface area contributed by atoms with Crippen molar-refractivity contribution < 1.29 is 14.0 Å². The Labute approximate surface area is 146 Å². The molecule has 0 saturated carbocycles. The normalized spacial score (nSPS) is 20.3. The van der Waals surface area contributed by atoms with Gasteiger partial charge in [0.05, 0.1) is 6.54 Å². The maximum Gasteiger partial charge on any atom is 0.325 e. The van der Waals surface area contributed by atoms with Gasteiger partial charge in [0.2, 0.25) is 0 Å². The molecule has 25 heavy (non-hydrogen) atoms. The van der Waals surface area contributed by atoms with Gasteiger partial charge in [0.1, 0.15) is 11.4 Å². The van der Waals surface area contributed by atoms with Crippen molar-refractivity contribution in [2.45, 2.75) is 38.8 Å². The zero-order chi connectivity index (χ0) is 18.2. The number of hydrogen-bond donors (Lipinski definition) is 1. The number of nitrogens with zero attached hydrogens (tertiary/aromatic N) is 1. The number of carbonyl (C=O) groups is 2. The lowest BCUT2D eigenvalue weighted by Crippen LogP contribution is -2.40. The van der Waals surface area contributed by atoms with E-state index in [4.69, 9.17) is 0 Å². The molecule has 2 aromatic rings. The van der Waals surface area contributed by atoms with Crippen molar-refractivity contribution >= 4 is 11.9 Å². The molecule has 0 aliphatic carbocycles. The highest BCUT2D eigenvalue weighted by Gasteiger charge is 2.49. The number of urea groups is 1. The summed E-state index contributed by atoms with van der Waals surface area (Å²) in [5, 5.41) is 2.75. The van der Waals surface area contributed by atoms with Crippen LogP contribution in [0.4, 0.5) is 9.18 Å². The summed E-state index contributed by atoms with van der Waals surface area (Å²) in [6.07, 6.45) is 0. The molecule has 1 aliphatic rings. The zero-order valence-corrected chi connectivity index (χ0v) is 14.5. The van der Waals surface area contributed by atoms with Gasteiger partial charge in [-0.15, -0.1) is 0 Å². The SMILES string of the molecule is CC(C)c1ccc([C@]2(C)NC(=O)N(Cc3ccccc3F)C2=O)cc1. The molecule has 130 valence electrons. The van der Waals surface area contributed by atoms with Crippen LogP contribution in [0.1, 0.15) is 43.4 Å². The van der Waals surface area contributed by atoms with E-state index in [1.807, 2.05) is 24.3 Å². The molecule has 3 amide bonds. The van der Waals surface area contributed by atoms with Crippen LogP contribution < -0.4 is 5.32 Å². The molecule has 0 spiro atoms. The fourth-order valence-corrected chi connectivity index (χ4v) is 3.03. The number of halogens is 1. The molecule has 1 saturated heterocycles. The monoisotopic (exact) mass is 340 g/mol. The number of hydrogen-bond acceptors (Lipinski definition) is 2. The number of imide groups is 1. The highest BCUT2D eigenvalue weighted by atomic mass is 19.1. The van der Waals surface area contributed by atoms with E-state index in [9.17, 15) is 14.0 Å². The molecule has 0 aromatic heterocycles. The lowest BCUT2D eigenvalue weighted by molar-refractivity contribution is -0.131. The number of rotatable bonds is 4. The molecule has 3 rings (SSSR count). The van der Waals surface area contributed by atoms with Gasteiger partial charge in [-0.1, -0.05) is 56.3 Å². The van der Waals surface area contributed by atoms with E-state index in [0.29, 0.717) is 17.0 Å². The maximum atomic E-state index is 13.9. The van der Waals surface area contributed by atoms with E-state index in [0.717, 1.165) is 10.5 Å². The molecule has 4 nitrogen and oxygen atoms in total.